The highest BCUT2D eigenvalue weighted by atomic mass is 15.2. The third-order valence-electron chi connectivity index (χ3n) is 4.39. The molecule has 0 aromatic carbocycles. The van der Waals surface area contributed by atoms with Gasteiger partial charge in [0.05, 0.1) is 0 Å². The van der Waals surface area contributed by atoms with Gasteiger partial charge >= 0.3 is 0 Å². The molecule has 1 aliphatic carbocycles. The summed E-state index contributed by atoms with van der Waals surface area (Å²) in [6, 6.07) is 0. The van der Waals surface area contributed by atoms with Gasteiger partial charge in [0.25, 0.3) is 0 Å². The van der Waals surface area contributed by atoms with Crippen LogP contribution in [0, 0.1) is 11.3 Å². The Morgan fingerprint density at radius 3 is 2.59 bits per heavy atom. The molecule has 2 aliphatic rings. The fourth-order valence-corrected chi connectivity index (χ4v) is 3.12. The average molecular weight is 238 g/mol. The Kier molecular flexibility index (Phi) is 3.84. The number of hydrogen-bond acceptors (Lipinski definition) is 2. The van der Waals surface area contributed by atoms with E-state index in [1.165, 1.54) is 51.9 Å². The van der Waals surface area contributed by atoms with Crippen molar-refractivity contribution in [1.82, 2.24) is 10.2 Å². The lowest BCUT2D eigenvalue weighted by molar-refractivity contribution is 0.122. The van der Waals surface area contributed by atoms with E-state index in [-0.39, 0.29) is 0 Å². The molecule has 1 saturated carbocycles. The van der Waals surface area contributed by atoms with Gasteiger partial charge in [-0.15, -0.1) is 0 Å². The Balaban J connectivity index is 1.74. The summed E-state index contributed by atoms with van der Waals surface area (Å²) >= 11 is 0. The van der Waals surface area contributed by atoms with E-state index < -0.39 is 0 Å². The fraction of sp³-hybridized carbons (Fsp3) is 1.00. The van der Waals surface area contributed by atoms with Gasteiger partial charge in [-0.2, -0.15) is 0 Å². The highest BCUT2D eigenvalue weighted by Gasteiger charge is 2.43. The maximum Gasteiger partial charge on any atom is 0.0309 e. The topological polar surface area (TPSA) is 15.3 Å². The molecule has 1 saturated heterocycles. The number of rotatable bonds is 4. The van der Waals surface area contributed by atoms with Crippen molar-refractivity contribution >= 4 is 0 Å². The van der Waals surface area contributed by atoms with E-state index in [4.69, 9.17) is 0 Å². The Labute approximate surface area is 107 Å². The van der Waals surface area contributed by atoms with E-state index in [2.05, 4.69) is 37.9 Å². The number of nitrogens with one attached hydrogen (secondary N) is 1. The van der Waals surface area contributed by atoms with Crippen molar-refractivity contribution in [3.8, 4) is 0 Å². The van der Waals surface area contributed by atoms with E-state index in [1.807, 2.05) is 0 Å². The van der Waals surface area contributed by atoms with Crippen molar-refractivity contribution < 1.29 is 0 Å². The molecule has 100 valence electrons. The minimum atomic E-state index is 0.417. The fourth-order valence-electron chi connectivity index (χ4n) is 3.12. The number of hydrogen-bond donors (Lipinski definition) is 1. The molecule has 0 bridgehead atoms. The van der Waals surface area contributed by atoms with Gasteiger partial charge in [-0.25, -0.2) is 0 Å². The summed E-state index contributed by atoms with van der Waals surface area (Å²) in [6.45, 7) is 14.5. The molecule has 0 aromatic heterocycles. The maximum atomic E-state index is 3.75. The van der Waals surface area contributed by atoms with Crippen LogP contribution in [0.2, 0.25) is 0 Å². The zero-order chi connectivity index (χ0) is 12.5. The first-order chi connectivity index (χ1) is 7.89. The van der Waals surface area contributed by atoms with E-state index in [0.29, 0.717) is 11.0 Å². The predicted octanol–water partition coefficient (Wildman–Crippen LogP) is 2.89. The second-order valence-corrected chi connectivity index (χ2v) is 7.56. The summed E-state index contributed by atoms with van der Waals surface area (Å²) in [6.07, 6.45) is 5.58. The Morgan fingerprint density at radius 2 is 2.00 bits per heavy atom. The Hall–Kier alpha value is -0.0800. The predicted molar refractivity (Wildman–Crippen MR) is 74.3 cm³/mol. The first-order valence-electron chi connectivity index (χ1n) is 7.36. The normalized spacial score (nSPS) is 31.8. The molecular formula is C15H30N2. The van der Waals surface area contributed by atoms with Crippen LogP contribution in [0.4, 0.5) is 0 Å². The summed E-state index contributed by atoms with van der Waals surface area (Å²) in [5.41, 5.74) is 0.911. The molecule has 0 aromatic rings. The number of nitrogens with zero attached hydrogens (tertiary/aromatic N) is 1. The third-order valence-corrected chi connectivity index (χ3v) is 4.39. The van der Waals surface area contributed by atoms with Crippen molar-refractivity contribution in [3.63, 3.8) is 0 Å². The summed E-state index contributed by atoms with van der Waals surface area (Å²) in [5, 5.41) is 3.75. The lowest BCUT2D eigenvalue weighted by atomic mass is 9.89. The van der Waals surface area contributed by atoms with Crippen molar-refractivity contribution in [3.05, 3.63) is 0 Å². The largest absolute Gasteiger partial charge is 0.309 e. The van der Waals surface area contributed by atoms with Crippen molar-refractivity contribution in [2.75, 3.05) is 26.2 Å². The highest BCUT2D eigenvalue weighted by molar-refractivity contribution is 5.01. The Morgan fingerprint density at radius 1 is 1.29 bits per heavy atom. The maximum absolute atomic E-state index is 3.75. The van der Waals surface area contributed by atoms with Crippen molar-refractivity contribution in [2.45, 2.75) is 58.9 Å². The van der Waals surface area contributed by atoms with E-state index in [1.54, 1.807) is 0 Å². The van der Waals surface area contributed by atoms with Crippen LogP contribution in [-0.4, -0.2) is 36.6 Å². The molecule has 0 spiro atoms. The second-order valence-electron chi connectivity index (χ2n) is 7.56. The summed E-state index contributed by atoms with van der Waals surface area (Å²) in [4.78, 5) is 2.68. The van der Waals surface area contributed by atoms with Gasteiger partial charge in [0.1, 0.15) is 0 Å². The van der Waals surface area contributed by atoms with Crippen LogP contribution in [0.1, 0.15) is 53.4 Å². The third kappa shape index (κ3) is 3.96. The second kappa shape index (κ2) is 4.89. The van der Waals surface area contributed by atoms with Crippen LogP contribution < -0.4 is 5.32 Å². The lowest BCUT2D eigenvalue weighted by Gasteiger charge is -2.42. The van der Waals surface area contributed by atoms with Crippen LogP contribution in [-0.2, 0) is 0 Å². The molecule has 17 heavy (non-hydrogen) atoms. The highest BCUT2D eigenvalue weighted by Crippen LogP contribution is 2.40. The van der Waals surface area contributed by atoms with E-state index >= 15 is 0 Å². The van der Waals surface area contributed by atoms with Gasteiger partial charge in [-0.05, 0) is 50.5 Å². The minimum absolute atomic E-state index is 0.417. The average Bonchev–Trinajstić information content (AvgIpc) is 2.98. The smallest absolute Gasteiger partial charge is 0.0309 e. The van der Waals surface area contributed by atoms with Crippen LogP contribution in [0.25, 0.3) is 0 Å². The Bertz CT molecular complexity index is 252. The SMILES string of the molecule is CC(C)(C)CCCN1CCNC(C)(C2CC2)C1. The van der Waals surface area contributed by atoms with Gasteiger partial charge in [0.2, 0.25) is 0 Å². The van der Waals surface area contributed by atoms with Gasteiger partial charge in [0.15, 0.2) is 0 Å². The minimum Gasteiger partial charge on any atom is -0.309 e. The lowest BCUT2D eigenvalue weighted by Crippen LogP contribution is -2.60. The molecule has 1 N–H and O–H groups in total. The quantitative estimate of drug-likeness (QED) is 0.810. The summed E-state index contributed by atoms with van der Waals surface area (Å²) < 4.78 is 0. The van der Waals surface area contributed by atoms with Crippen LogP contribution in [0.3, 0.4) is 0 Å². The monoisotopic (exact) mass is 238 g/mol. The molecule has 2 heteroatoms. The molecule has 0 amide bonds. The molecule has 2 rings (SSSR count). The molecule has 2 nitrogen and oxygen atoms in total. The first kappa shape index (κ1) is 13.4. The van der Waals surface area contributed by atoms with Crippen molar-refractivity contribution in [2.24, 2.45) is 11.3 Å². The summed E-state index contributed by atoms with van der Waals surface area (Å²) in [5.74, 6) is 0.952. The first-order valence-corrected chi connectivity index (χ1v) is 7.36. The number of piperazine rings is 1. The molecule has 1 unspecified atom stereocenters. The van der Waals surface area contributed by atoms with Gasteiger partial charge in [-0.1, -0.05) is 20.8 Å². The van der Waals surface area contributed by atoms with Gasteiger partial charge in [0, 0.05) is 25.2 Å². The van der Waals surface area contributed by atoms with Crippen molar-refractivity contribution in [1.29, 1.82) is 0 Å². The molecule has 1 atom stereocenters. The van der Waals surface area contributed by atoms with Gasteiger partial charge in [-0.3, -0.25) is 0 Å². The summed E-state index contributed by atoms with van der Waals surface area (Å²) in [7, 11) is 0. The molecule has 1 heterocycles. The molecule has 1 aliphatic heterocycles. The van der Waals surface area contributed by atoms with Crippen LogP contribution >= 0.6 is 0 Å². The van der Waals surface area contributed by atoms with Crippen LogP contribution in [0.5, 0.6) is 0 Å². The van der Waals surface area contributed by atoms with E-state index in [9.17, 15) is 0 Å². The standard InChI is InChI=1S/C15H30N2/c1-14(2,3)8-5-10-17-11-9-16-15(4,12-17)13-6-7-13/h13,16H,5-12H2,1-4H3. The zero-order valence-corrected chi connectivity index (χ0v) is 12.2. The molecule has 0 radical (unpaired) electrons. The van der Waals surface area contributed by atoms with E-state index in [0.717, 1.165) is 5.92 Å². The van der Waals surface area contributed by atoms with Crippen LogP contribution in [0.15, 0.2) is 0 Å². The van der Waals surface area contributed by atoms with Gasteiger partial charge < -0.3 is 10.2 Å². The molecule has 2 fully saturated rings. The zero-order valence-electron chi connectivity index (χ0n) is 12.2. The molecular weight excluding hydrogens is 208 g/mol.